The van der Waals surface area contributed by atoms with Crippen LogP contribution in [0.25, 0.3) is 0 Å². The third-order valence-electron chi connectivity index (χ3n) is 3.07. The Kier molecular flexibility index (Phi) is 5.95. The minimum Gasteiger partial charge on any atom is -0.494 e. The van der Waals surface area contributed by atoms with Crippen LogP contribution in [0.4, 0.5) is 11.4 Å². The molecule has 0 aliphatic heterocycles. The number of nitro groups is 1. The van der Waals surface area contributed by atoms with E-state index in [0.29, 0.717) is 24.6 Å². The number of benzene rings is 1. The van der Waals surface area contributed by atoms with Gasteiger partial charge in [-0.2, -0.15) is 0 Å². The number of carbonyl (C=O) groups is 1. The van der Waals surface area contributed by atoms with Crippen LogP contribution in [0.5, 0.6) is 5.75 Å². The number of non-ortho nitro benzene ring substituents is 1. The van der Waals surface area contributed by atoms with Gasteiger partial charge in [0.2, 0.25) is 0 Å². The predicted molar refractivity (Wildman–Crippen MR) is 79.0 cm³/mol. The fourth-order valence-corrected chi connectivity index (χ4v) is 2.20. The summed E-state index contributed by atoms with van der Waals surface area (Å²) in [4.78, 5) is 23.2. The lowest BCUT2D eigenvalue weighted by atomic mass is 10.1. The molecule has 1 N–H and O–H groups in total. The largest absolute Gasteiger partial charge is 0.494 e. The van der Waals surface area contributed by atoms with Gasteiger partial charge < -0.3 is 14.7 Å². The van der Waals surface area contributed by atoms with Gasteiger partial charge in [0.25, 0.3) is 5.69 Å². The molecule has 0 saturated carbocycles. The Bertz CT molecular complexity index is 518. The smallest absolute Gasteiger partial charge is 0.305 e. The van der Waals surface area contributed by atoms with Gasteiger partial charge in [0.15, 0.2) is 0 Å². The van der Waals surface area contributed by atoms with Crippen molar-refractivity contribution in [1.82, 2.24) is 0 Å². The average molecular weight is 296 g/mol. The van der Waals surface area contributed by atoms with Crippen LogP contribution in [0.1, 0.15) is 27.2 Å². The lowest BCUT2D eigenvalue weighted by Crippen LogP contribution is -2.34. The molecule has 0 fully saturated rings. The highest BCUT2D eigenvalue weighted by molar-refractivity contribution is 5.69. The number of hydrogen-bond donors (Lipinski definition) is 1. The fraction of sp³-hybridized carbons (Fsp3) is 0.500. The molecule has 1 aromatic carbocycles. The van der Waals surface area contributed by atoms with Crippen LogP contribution < -0.4 is 9.64 Å². The summed E-state index contributed by atoms with van der Waals surface area (Å²) in [5.41, 5.74) is 0.515. The van der Waals surface area contributed by atoms with Gasteiger partial charge in [-0.1, -0.05) is 0 Å². The van der Waals surface area contributed by atoms with Crippen LogP contribution in [0.2, 0.25) is 0 Å². The fourth-order valence-electron chi connectivity index (χ4n) is 2.20. The Labute approximate surface area is 123 Å². The number of nitro benzene ring substituents is 1. The van der Waals surface area contributed by atoms with Crippen molar-refractivity contribution < 1.29 is 19.6 Å². The highest BCUT2D eigenvalue weighted by Gasteiger charge is 2.19. The second kappa shape index (κ2) is 7.47. The molecule has 0 spiro atoms. The minimum absolute atomic E-state index is 0.0412. The molecule has 0 saturated heterocycles. The van der Waals surface area contributed by atoms with Gasteiger partial charge in [0.05, 0.1) is 24.0 Å². The van der Waals surface area contributed by atoms with Crippen LogP contribution >= 0.6 is 0 Å². The van der Waals surface area contributed by atoms with Crippen molar-refractivity contribution in [2.45, 2.75) is 33.2 Å². The van der Waals surface area contributed by atoms with E-state index in [2.05, 4.69) is 0 Å². The van der Waals surface area contributed by atoms with Crippen molar-refractivity contribution >= 4 is 17.3 Å². The first-order valence-electron chi connectivity index (χ1n) is 6.79. The molecule has 0 radical (unpaired) electrons. The van der Waals surface area contributed by atoms with Crippen LogP contribution in [0.3, 0.4) is 0 Å². The van der Waals surface area contributed by atoms with Crippen LogP contribution in [0.15, 0.2) is 18.2 Å². The molecule has 1 unspecified atom stereocenters. The maximum absolute atomic E-state index is 11.0. The first kappa shape index (κ1) is 16.7. The first-order chi connectivity index (χ1) is 9.88. The Balaban J connectivity index is 3.17. The van der Waals surface area contributed by atoms with Crippen LogP contribution in [0, 0.1) is 10.1 Å². The summed E-state index contributed by atoms with van der Waals surface area (Å²) in [6.45, 7) is 6.38. The minimum atomic E-state index is -0.906. The lowest BCUT2D eigenvalue weighted by molar-refractivity contribution is -0.384. The Morgan fingerprint density at radius 3 is 2.57 bits per heavy atom. The zero-order chi connectivity index (χ0) is 16.0. The molecule has 116 valence electrons. The van der Waals surface area contributed by atoms with Crippen molar-refractivity contribution in [2.24, 2.45) is 0 Å². The maximum Gasteiger partial charge on any atom is 0.305 e. The third-order valence-corrected chi connectivity index (χ3v) is 3.07. The lowest BCUT2D eigenvalue weighted by Gasteiger charge is -2.29. The van der Waals surface area contributed by atoms with Gasteiger partial charge in [0, 0.05) is 30.4 Å². The molecule has 1 rings (SSSR count). The highest BCUT2D eigenvalue weighted by Crippen LogP contribution is 2.30. The topological polar surface area (TPSA) is 92.9 Å². The summed E-state index contributed by atoms with van der Waals surface area (Å²) in [5, 5.41) is 19.9. The first-order valence-corrected chi connectivity index (χ1v) is 6.79. The van der Waals surface area contributed by atoms with Gasteiger partial charge in [0.1, 0.15) is 5.75 Å². The zero-order valence-electron chi connectivity index (χ0n) is 12.4. The molecule has 0 amide bonds. The molecular weight excluding hydrogens is 276 g/mol. The van der Waals surface area contributed by atoms with E-state index < -0.39 is 10.9 Å². The molecule has 1 atom stereocenters. The van der Waals surface area contributed by atoms with Gasteiger partial charge in [-0.3, -0.25) is 14.9 Å². The second-order valence-electron chi connectivity index (χ2n) is 4.61. The number of nitrogens with zero attached hydrogens (tertiary/aromatic N) is 2. The second-order valence-corrected chi connectivity index (χ2v) is 4.61. The van der Waals surface area contributed by atoms with Crippen LogP contribution in [-0.4, -0.2) is 35.2 Å². The Hall–Kier alpha value is -2.31. The number of ether oxygens (including phenoxy) is 1. The molecule has 7 nitrogen and oxygen atoms in total. The summed E-state index contributed by atoms with van der Waals surface area (Å²) in [7, 11) is 0. The molecule has 0 aliphatic carbocycles. The van der Waals surface area contributed by atoms with Crippen molar-refractivity contribution in [2.75, 3.05) is 18.1 Å². The summed E-state index contributed by atoms with van der Waals surface area (Å²) in [5.74, 6) is -0.501. The summed E-state index contributed by atoms with van der Waals surface area (Å²) in [6.07, 6.45) is -0.0412. The number of aliphatic carboxylic acids is 1. The number of hydrogen-bond acceptors (Lipinski definition) is 5. The van der Waals surface area contributed by atoms with E-state index in [0.717, 1.165) is 0 Å². The normalized spacial score (nSPS) is 11.8. The number of anilines is 1. The number of carboxylic acid groups (broad SMARTS) is 1. The third kappa shape index (κ3) is 4.62. The van der Waals surface area contributed by atoms with Crippen LogP contribution in [-0.2, 0) is 4.79 Å². The maximum atomic E-state index is 11.0. The van der Waals surface area contributed by atoms with Gasteiger partial charge in [-0.25, -0.2) is 0 Å². The monoisotopic (exact) mass is 296 g/mol. The number of carboxylic acids is 1. The quantitative estimate of drug-likeness (QED) is 0.585. The molecule has 7 heteroatoms. The highest BCUT2D eigenvalue weighted by atomic mass is 16.6. The van der Waals surface area contributed by atoms with E-state index in [9.17, 15) is 14.9 Å². The molecule has 21 heavy (non-hydrogen) atoms. The van der Waals surface area contributed by atoms with Crippen molar-refractivity contribution in [1.29, 1.82) is 0 Å². The Morgan fingerprint density at radius 1 is 1.43 bits per heavy atom. The Morgan fingerprint density at radius 2 is 2.10 bits per heavy atom. The number of rotatable bonds is 8. The van der Waals surface area contributed by atoms with E-state index in [-0.39, 0.29) is 18.2 Å². The van der Waals surface area contributed by atoms with E-state index in [1.807, 2.05) is 11.8 Å². The van der Waals surface area contributed by atoms with Gasteiger partial charge in [-0.15, -0.1) is 0 Å². The van der Waals surface area contributed by atoms with Crippen molar-refractivity contribution in [3.63, 3.8) is 0 Å². The van der Waals surface area contributed by atoms with E-state index in [1.165, 1.54) is 12.1 Å². The summed E-state index contributed by atoms with van der Waals surface area (Å²) < 4.78 is 5.35. The summed E-state index contributed by atoms with van der Waals surface area (Å²) >= 11 is 0. The predicted octanol–water partition coefficient (Wildman–Crippen LogP) is 2.68. The van der Waals surface area contributed by atoms with Crippen molar-refractivity contribution in [3.05, 3.63) is 28.3 Å². The molecular formula is C14H20N2O5. The van der Waals surface area contributed by atoms with Gasteiger partial charge in [-0.05, 0) is 20.8 Å². The zero-order valence-corrected chi connectivity index (χ0v) is 12.4. The average Bonchev–Trinajstić information content (AvgIpc) is 2.38. The molecule has 1 aromatic rings. The van der Waals surface area contributed by atoms with Crippen molar-refractivity contribution in [3.8, 4) is 5.75 Å². The standard InChI is InChI=1S/C14H20N2O5/c1-4-15(10(3)6-14(17)18)11-7-12(16(19)20)9-13(8-11)21-5-2/h7-10H,4-6H2,1-3H3,(H,17,18). The van der Waals surface area contributed by atoms with Gasteiger partial charge >= 0.3 is 5.97 Å². The molecule has 0 aromatic heterocycles. The molecule has 0 heterocycles. The molecule has 0 bridgehead atoms. The van der Waals surface area contributed by atoms with E-state index in [4.69, 9.17) is 9.84 Å². The summed E-state index contributed by atoms with van der Waals surface area (Å²) in [6, 6.07) is 4.22. The van der Waals surface area contributed by atoms with E-state index in [1.54, 1.807) is 19.9 Å². The molecule has 0 aliphatic rings. The van der Waals surface area contributed by atoms with E-state index >= 15 is 0 Å². The SMILES string of the molecule is CCOc1cc(N(CC)C(C)CC(=O)O)cc([N+](=O)[O-])c1.